The first-order valence-corrected chi connectivity index (χ1v) is 5.04. The molecule has 0 saturated heterocycles. The fraction of sp³-hybridized carbons (Fsp3) is 0.143. The highest BCUT2D eigenvalue weighted by Crippen LogP contribution is 2.47. The van der Waals surface area contributed by atoms with E-state index in [1.165, 1.54) is 11.1 Å². The standard InChI is InChI=1S/C14H12/c1-3-10-14-11-4-2-7-13(14)9-5-8-12(14)6-1/h1-10H,11H2. The molecule has 0 radical (unpaired) electrons. The molecule has 0 aromatic heterocycles. The maximum absolute atomic E-state index is 2.32. The Hall–Kier alpha value is -1.56. The Morgan fingerprint density at radius 1 is 0.857 bits per heavy atom. The van der Waals surface area contributed by atoms with Crippen molar-refractivity contribution >= 4 is 0 Å². The predicted octanol–water partition coefficient (Wildman–Crippen LogP) is 3.48. The number of allylic oxidation sites excluding steroid dienone is 12. The van der Waals surface area contributed by atoms with Crippen LogP contribution in [0.1, 0.15) is 6.42 Å². The Labute approximate surface area is 84.3 Å². The molecular formula is C14H12. The lowest BCUT2D eigenvalue weighted by Gasteiger charge is -2.37. The quantitative estimate of drug-likeness (QED) is 0.535. The summed E-state index contributed by atoms with van der Waals surface area (Å²) in [6.45, 7) is 0. The van der Waals surface area contributed by atoms with E-state index in [1.54, 1.807) is 0 Å². The van der Waals surface area contributed by atoms with Gasteiger partial charge >= 0.3 is 0 Å². The minimum atomic E-state index is 0.151. The van der Waals surface area contributed by atoms with Crippen molar-refractivity contribution in [3.05, 3.63) is 71.9 Å². The summed E-state index contributed by atoms with van der Waals surface area (Å²) in [5, 5.41) is 0. The molecule has 1 unspecified atom stereocenters. The fourth-order valence-corrected chi connectivity index (χ4v) is 2.43. The average molecular weight is 180 g/mol. The SMILES string of the molecule is C1=CCC23C=CC=CC2=CC=CC3=C1. The number of rotatable bonds is 0. The van der Waals surface area contributed by atoms with Crippen LogP contribution >= 0.6 is 0 Å². The number of hydrogen-bond donors (Lipinski definition) is 0. The largest absolute Gasteiger partial charge is 0.0830 e. The van der Waals surface area contributed by atoms with Gasteiger partial charge in [-0.15, -0.1) is 0 Å². The van der Waals surface area contributed by atoms with Crippen LogP contribution in [0.2, 0.25) is 0 Å². The van der Waals surface area contributed by atoms with Gasteiger partial charge in [0.25, 0.3) is 0 Å². The van der Waals surface area contributed by atoms with Crippen molar-refractivity contribution in [3.63, 3.8) is 0 Å². The zero-order chi connectivity index (χ0) is 9.43. The second-order valence-corrected chi connectivity index (χ2v) is 3.92. The van der Waals surface area contributed by atoms with Crippen molar-refractivity contribution in [1.82, 2.24) is 0 Å². The molecule has 1 atom stereocenters. The molecule has 0 saturated carbocycles. The third kappa shape index (κ3) is 0.884. The molecule has 0 bridgehead atoms. The minimum absolute atomic E-state index is 0.151. The highest BCUT2D eigenvalue weighted by Gasteiger charge is 2.35. The van der Waals surface area contributed by atoms with E-state index in [-0.39, 0.29) is 5.41 Å². The van der Waals surface area contributed by atoms with Gasteiger partial charge in [-0.05, 0) is 17.6 Å². The summed E-state index contributed by atoms with van der Waals surface area (Å²) in [5.41, 5.74) is 2.98. The van der Waals surface area contributed by atoms with Crippen molar-refractivity contribution in [1.29, 1.82) is 0 Å². The van der Waals surface area contributed by atoms with E-state index in [0.717, 1.165) is 6.42 Å². The molecule has 0 N–H and O–H groups in total. The molecule has 0 heterocycles. The van der Waals surface area contributed by atoms with Crippen LogP contribution in [0, 0.1) is 5.41 Å². The first-order chi connectivity index (χ1) is 6.92. The molecule has 1 spiro atoms. The summed E-state index contributed by atoms with van der Waals surface area (Å²) in [7, 11) is 0. The predicted molar refractivity (Wildman–Crippen MR) is 59.8 cm³/mol. The third-order valence-corrected chi connectivity index (χ3v) is 3.20. The highest BCUT2D eigenvalue weighted by molar-refractivity contribution is 5.56. The average Bonchev–Trinajstić information content (AvgIpc) is 2.26. The van der Waals surface area contributed by atoms with Gasteiger partial charge in [0.2, 0.25) is 0 Å². The maximum atomic E-state index is 2.32. The lowest BCUT2D eigenvalue weighted by atomic mass is 9.66. The maximum Gasteiger partial charge on any atom is 0.0419 e. The summed E-state index contributed by atoms with van der Waals surface area (Å²) in [6.07, 6.45) is 23.1. The van der Waals surface area contributed by atoms with Gasteiger partial charge in [-0.2, -0.15) is 0 Å². The molecule has 0 heteroatoms. The fourth-order valence-electron chi connectivity index (χ4n) is 2.43. The molecule has 3 aliphatic carbocycles. The molecular weight excluding hydrogens is 168 g/mol. The van der Waals surface area contributed by atoms with Gasteiger partial charge < -0.3 is 0 Å². The van der Waals surface area contributed by atoms with Crippen LogP contribution in [0.25, 0.3) is 0 Å². The van der Waals surface area contributed by atoms with Gasteiger partial charge in [-0.1, -0.05) is 60.8 Å². The zero-order valence-electron chi connectivity index (χ0n) is 7.98. The second kappa shape index (κ2) is 2.71. The van der Waals surface area contributed by atoms with E-state index in [9.17, 15) is 0 Å². The normalized spacial score (nSPS) is 32.0. The van der Waals surface area contributed by atoms with Gasteiger partial charge in [0.1, 0.15) is 0 Å². The van der Waals surface area contributed by atoms with Crippen molar-refractivity contribution in [2.75, 3.05) is 0 Å². The van der Waals surface area contributed by atoms with E-state index in [4.69, 9.17) is 0 Å². The van der Waals surface area contributed by atoms with Gasteiger partial charge in [0, 0.05) is 5.41 Å². The minimum Gasteiger partial charge on any atom is -0.0830 e. The molecule has 0 nitrogen and oxygen atoms in total. The smallest absolute Gasteiger partial charge is 0.0419 e. The zero-order valence-corrected chi connectivity index (χ0v) is 7.98. The van der Waals surface area contributed by atoms with Crippen LogP contribution in [0.4, 0.5) is 0 Å². The van der Waals surface area contributed by atoms with Crippen LogP contribution < -0.4 is 0 Å². The van der Waals surface area contributed by atoms with Crippen molar-refractivity contribution < 1.29 is 0 Å². The lowest BCUT2D eigenvalue weighted by Crippen LogP contribution is -2.25. The summed E-state index contributed by atoms with van der Waals surface area (Å²) in [6, 6.07) is 0. The van der Waals surface area contributed by atoms with E-state index in [1.807, 2.05) is 0 Å². The number of hydrogen-bond acceptors (Lipinski definition) is 0. The van der Waals surface area contributed by atoms with Gasteiger partial charge in [0.05, 0.1) is 0 Å². The molecule has 68 valence electrons. The summed E-state index contributed by atoms with van der Waals surface area (Å²) in [4.78, 5) is 0. The second-order valence-electron chi connectivity index (χ2n) is 3.92. The molecule has 0 amide bonds. The van der Waals surface area contributed by atoms with Crippen molar-refractivity contribution in [2.24, 2.45) is 5.41 Å². The molecule has 3 aliphatic rings. The molecule has 0 fully saturated rings. The summed E-state index contributed by atoms with van der Waals surface area (Å²) < 4.78 is 0. The molecule has 14 heavy (non-hydrogen) atoms. The van der Waals surface area contributed by atoms with Gasteiger partial charge in [-0.25, -0.2) is 0 Å². The first kappa shape index (κ1) is 7.81. The molecule has 3 rings (SSSR count). The first-order valence-electron chi connectivity index (χ1n) is 5.04. The summed E-state index contributed by atoms with van der Waals surface area (Å²) in [5.74, 6) is 0. The Bertz CT molecular complexity index is 429. The Morgan fingerprint density at radius 3 is 2.57 bits per heavy atom. The van der Waals surface area contributed by atoms with Crippen LogP contribution in [0.15, 0.2) is 71.9 Å². The summed E-state index contributed by atoms with van der Waals surface area (Å²) >= 11 is 0. The van der Waals surface area contributed by atoms with Gasteiger partial charge in [-0.3, -0.25) is 0 Å². The molecule has 0 aromatic carbocycles. The van der Waals surface area contributed by atoms with Crippen LogP contribution in [-0.4, -0.2) is 0 Å². The molecule has 0 aromatic rings. The van der Waals surface area contributed by atoms with Crippen molar-refractivity contribution in [3.8, 4) is 0 Å². The topological polar surface area (TPSA) is 0 Å². The van der Waals surface area contributed by atoms with E-state index in [2.05, 4.69) is 60.8 Å². The third-order valence-electron chi connectivity index (χ3n) is 3.20. The van der Waals surface area contributed by atoms with Crippen LogP contribution in [0.5, 0.6) is 0 Å². The Morgan fingerprint density at radius 2 is 1.64 bits per heavy atom. The highest BCUT2D eigenvalue weighted by atomic mass is 14.4. The van der Waals surface area contributed by atoms with E-state index < -0.39 is 0 Å². The van der Waals surface area contributed by atoms with Crippen molar-refractivity contribution in [2.45, 2.75) is 6.42 Å². The lowest BCUT2D eigenvalue weighted by molar-refractivity contribution is 0.569. The van der Waals surface area contributed by atoms with Gasteiger partial charge in [0.15, 0.2) is 0 Å². The van der Waals surface area contributed by atoms with Crippen LogP contribution in [-0.2, 0) is 0 Å². The Balaban J connectivity index is 2.22. The van der Waals surface area contributed by atoms with E-state index >= 15 is 0 Å². The Kier molecular flexibility index (Phi) is 1.51. The van der Waals surface area contributed by atoms with E-state index in [0.29, 0.717) is 0 Å². The monoisotopic (exact) mass is 180 g/mol. The molecule has 0 aliphatic heterocycles. The van der Waals surface area contributed by atoms with Crippen LogP contribution in [0.3, 0.4) is 0 Å².